The zero-order valence-corrected chi connectivity index (χ0v) is 12.7. The zero-order valence-electron chi connectivity index (χ0n) is 10.5. The third-order valence-corrected chi connectivity index (χ3v) is 4.15. The van der Waals surface area contributed by atoms with Gasteiger partial charge in [0.05, 0.1) is 5.92 Å². The first kappa shape index (κ1) is 14.9. The molecule has 1 rings (SSSR count). The number of halogens is 1. The fourth-order valence-electron chi connectivity index (χ4n) is 1.37. The summed E-state index contributed by atoms with van der Waals surface area (Å²) in [6.45, 7) is 5.14. The molecule has 0 saturated heterocycles. The number of hydrogen-bond donors (Lipinski definition) is 2. The molecular weight excluding hydrogens is 345 g/mol. The molecule has 4 nitrogen and oxygen atoms in total. The second-order valence-corrected chi connectivity index (χ2v) is 5.53. The van der Waals surface area contributed by atoms with E-state index in [1.807, 2.05) is 25.1 Å². The van der Waals surface area contributed by atoms with Crippen molar-refractivity contribution in [2.24, 2.45) is 11.8 Å². The Hall–Kier alpha value is -1.11. The SMILES string of the molecule is Cc1ccc(NC(=O)C(C)C(C)C(=O)O)cc1I. The van der Waals surface area contributed by atoms with Crippen molar-refractivity contribution in [1.82, 2.24) is 0 Å². The molecule has 0 bridgehead atoms. The lowest BCUT2D eigenvalue weighted by molar-refractivity contribution is -0.145. The number of anilines is 1. The number of carboxylic acids is 1. The summed E-state index contributed by atoms with van der Waals surface area (Å²) in [7, 11) is 0. The van der Waals surface area contributed by atoms with Crippen LogP contribution in [0.1, 0.15) is 19.4 Å². The second kappa shape index (κ2) is 6.17. The first-order valence-electron chi connectivity index (χ1n) is 5.62. The smallest absolute Gasteiger partial charge is 0.307 e. The van der Waals surface area contributed by atoms with Crippen molar-refractivity contribution in [1.29, 1.82) is 0 Å². The molecular formula is C13H16INO3. The summed E-state index contributed by atoms with van der Waals surface area (Å²) in [6.07, 6.45) is 0. The lowest BCUT2D eigenvalue weighted by Gasteiger charge is -2.16. The predicted octanol–water partition coefficient (Wildman–Crippen LogP) is 2.89. The zero-order chi connectivity index (χ0) is 13.9. The van der Waals surface area contributed by atoms with E-state index in [4.69, 9.17) is 5.11 Å². The molecule has 18 heavy (non-hydrogen) atoms. The Morgan fingerprint density at radius 2 is 1.89 bits per heavy atom. The monoisotopic (exact) mass is 361 g/mol. The number of amides is 1. The van der Waals surface area contributed by atoms with Crippen LogP contribution in [0.4, 0.5) is 5.69 Å². The fraction of sp³-hybridized carbons (Fsp3) is 0.385. The number of carbonyl (C=O) groups excluding carboxylic acids is 1. The fourth-order valence-corrected chi connectivity index (χ4v) is 1.88. The number of benzene rings is 1. The highest BCUT2D eigenvalue weighted by Crippen LogP contribution is 2.19. The number of carbonyl (C=O) groups is 2. The second-order valence-electron chi connectivity index (χ2n) is 4.37. The molecule has 0 radical (unpaired) electrons. The van der Waals surface area contributed by atoms with E-state index in [0.717, 1.165) is 9.13 Å². The van der Waals surface area contributed by atoms with Crippen LogP contribution in [0.25, 0.3) is 0 Å². The molecule has 0 aliphatic heterocycles. The van der Waals surface area contributed by atoms with Crippen LogP contribution in [0.3, 0.4) is 0 Å². The van der Waals surface area contributed by atoms with Gasteiger partial charge in [0.2, 0.25) is 5.91 Å². The molecule has 0 saturated carbocycles. The standard InChI is InChI=1S/C13H16INO3/c1-7-4-5-10(6-11(7)14)15-12(16)8(2)9(3)13(17)18/h4-6,8-9H,1-3H3,(H,15,16)(H,17,18). The van der Waals surface area contributed by atoms with E-state index in [1.54, 1.807) is 6.92 Å². The van der Waals surface area contributed by atoms with Crippen LogP contribution in [0.5, 0.6) is 0 Å². The van der Waals surface area contributed by atoms with Gasteiger partial charge in [-0.1, -0.05) is 19.9 Å². The van der Waals surface area contributed by atoms with Gasteiger partial charge in [-0.3, -0.25) is 9.59 Å². The Balaban J connectivity index is 2.75. The number of nitrogens with one attached hydrogen (secondary N) is 1. The van der Waals surface area contributed by atoms with Crippen molar-refractivity contribution < 1.29 is 14.7 Å². The highest BCUT2D eigenvalue weighted by molar-refractivity contribution is 14.1. The number of aliphatic carboxylic acids is 1. The van der Waals surface area contributed by atoms with Gasteiger partial charge in [0, 0.05) is 15.2 Å². The molecule has 0 aliphatic carbocycles. The molecule has 98 valence electrons. The maximum Gasteiger partial charge on any atom is 0.307 e. The van der Waals surface area contributed by atoms with Gasteiger partial charge < -0.3 is 10.4 Å². The average Bonchev–Trinajstić information content (AvgIpc) is 2.31. The van der Waals surface area contributed by atoms with Crippen molar-refractivity contribution in [2.45, 2.75) is 20.8 Å². The third kappa shape index (κ3) is 3.69. The van der Waals surface area contributed by atoms with E-state index in [0.29, 0.717) is 5.69 Å². The van der Waals surface area contributed by atoms with Crippen LogP contribution in [0.15, 0.2) is 18.2 Å². The normalized spacial score (nSPS) is 13.8. The summed E-state index contributed by atoms with van der Waals surface area (Å²) >= 11 is 2.19. The lowest BCUT2D eigenvalue weighted by Crippen LogP contribution is -2.29. The van der Waals surface area contributed by atoms with Crippen molar-refractivity contribution in [2.75, 3.05) is 5.32 Å². The van der Waals surface area contributed by atoms with Crippen LogP contribution >= 0.6 is 22.6 Å². The van der Waals surface area contributed by atoms with Crippen molar-refractivity contribution >= 4 is 40.2 Å². The largest absolute Gasteiger partial charge is 0.481 e. The Bertz CT molecular complexity index is 473. The number of hydrogen-bond acceptors (Lipinski definition) is 2. The first-order chi connectivity index (χ1) is 8.32. The van der Waals surface area contributed by atoms with Crippen LogP contribution < -0.4 is 5.32 Å². The molecule has 0 aliphatic rings. The molecule has 1 amide bonds. The van der Waals surface area contributed by atoms with Gasteiger partial charge in [0.15, 0.2) is 0 Å². The number of carboxylic acid groups (broad SMARTS) is 1. The molecule has 0 fully saturated rings. The van der Waals surface area contributed by atoms with Gasteiger partial charge in [-0.25, -0.2) is 0 Å². The highest BCUT2D eigenvalue weighted by Gasteiger charge is 2.25. The van der Waals surface area contributed by atoms with Gasteiger partial charge in [0.25, 0.3) is 0 Å². The number of rotatable bonds is 4. The first-order valence-corrected chi connectivity index (χ1v) is 6.70. The summed E-state index contributed by atoms with van der Waals surface area (Å²) in [5.41, 5.74) is 1.83. The highest BCUT2D eigenvalue weighted by atomic mass is 127. The van der Waals surface area contributed by atoms with Gasteiger partial charge >= 0.3 is 5.97 Å². The number of aryl methyl sites for hydroxylation is 1. The molecule has 2 atom stereocenters. The summed E-state index contributed by atoms with van der Waals surface area (Å²) < 4.78 is 1.06. The molecule has 5 heteroatoms. The molecule has 2 N–H and O–H groups in total. The van der Waals surface area contributed by atoms with Crippen molar-refractivity contribution in [3.8, 4) is 0 Å². The Labute approximate surface area is 120 Å². The molecule has 0 heterocycles. The van der Waals surface area contributed by atoms with E-state index in [-0.39, 0.29) is 5.91 Å². The minimum Gasteiger partial charge on any atom is -0.481 e. The van der Waals surface area contributed by atoms with Crippen LogP contribution in [-0.4, -0.2) is 17.0 Å². The average molecular weight is 361 g/mol. The van der Waals surface area contributed by atoms with Gasteiger partial charge in [-0.15, -0.1) is 0 Å². The molecule has 0 spiro atoms. The molecule has 1 aromatic rings. The Morgan fingerprint density at radius 3 is 2.39 bits per heavy atom. The topological polar surface area (TPSA) is 66.4 Å². The van der Waals surface area contributed by atoms with Crippen molar-refractivity contribution in [3.63, 3.8) is 0 Å². The Kier molecular flexibility index (Phi) is 5.13. The lowest BCUT2D eigenvalue weighted by atomic mass is 9.95. The quantitative estimate of drug-likeness (QED) is 0.811. The van der Waals surface area contributed by atoms with Crippen LogP contribution in [0, 0.1) is 22.3 Å². The summed E-state index contributed by atoms with van der Waals surface area (Å²) in [6, 6.07) is 5.60. The van der Waals surface area contributed by atoms with E-state index in [9.17, 15) is 9.59 Å². The van der Waals surface area contributed by atoms with Crippen LogP contribution in [0.2, 0.25) is 0 Å². The minimum absolute atomic E-state index is 0.274. The maximum atomic E-state index is 11.9. The predicted molar refractivity (Wildman–Crippen MR) is 78.5 cm³/mol. The van der Waals surface area contributed by atoms with Crippen LogP contribution in [-0.2, 0) is 9.59 Å². The molecule has 2 unspecified atom stereocenters. The third-order valence-electron chi connectivity index (χ3n) is 2.99. The molecule has 1 aromatic carbocycles. The molecule has 0 aromatic heterocycles. The summed E-state index contributed by atoms with van der Waals surface area (Å²) in [5.74, 6) is -2.50. The Morgan fingerprint density at radius 1 is 1.28 bits per heavy atom. The van der Waals surface area contributed by atoms with E-state index in [2.05, 4.69) is 27.9 Å². The van der Waals surface area contributed by atoms with Gasteiger partial charge in [-0.05, 0) is 47.2 Å². The van der Waals surface area contributed by atoms with E-state index >= 15 is 0 Å². The van der Waals surface area contributed by atoms with E-state index in [1.165, 1.54) is 6.92 Å². The van der Waals surface area contributed by atoms with E-state index < -0.39 is 17.8 Å². The van der Waals surface area contributed by atoms with Gasteiger partial charge in [0.1, 0.15) is 0 Å². The summed E-state index contributed by atoms with van der Waals surface area (Å²) in [4.78, 5) is 22.7. The minimum atomic E-state index is -0.962. The van der Waals surface area contributed by atoms with Crippen molar-refractivity contribution in [3.05, 3.63) is 27.3 Å². The maximum absolute atomic E-state index is 11.9. The summed E-state index contributed by atoms with van der Waals surface area (Å²) in [5, 5.41) is 11.6. The van der Waals surface area contributed by atoms with Gasteiger partial charge in [-0.2, -0.15) is 0 Å².